The van der Waals surface area contributed by atoms with Gasteiger partial charge in [0, 0.05) is 0 Å². The lowest BCUT2D eigenvalue weighted by Crippen LogP contribution is -2.45. The van der Waals surface area contributed by atoms with Crippen molar-refractivity contribution in [2.24, 2.45) is 9.98 Å². The average Bonchev–Trinajstić information content (AvgIpc) is 3.05. The molecule has 0 aliphatic heterocycles. The van der Waals surface area contributed by atoms with Gasteiger partial charge in [0.2, 0.25) is 12.2 Å². The van der Waals surface area contributed by atoms with E-state index in [0.29, 0.717) is 12.8 Å². The van der Waals surface area contributed by atoms with Gasteiger partial charge in [-0.2, -0.15) is 9.98 Å². The molecule has 2 unspecified atom stereocenters. The molecule has 1 saturated carbocycles. The van der Waals surface area contributed by atoms with E-state index in [-0.39, 0.29) is 39.4 Å². The highest BCUT2D eigenvalue weighted by molar-refractivity contribution is 5.84. The Bertz CT molecular complexity index is 655. The predicted molar refractivity (Wildman–Crippen MR) is 93.6 cm³/mol. The molecule has 1 aliphatic carbocycles. The van der Waals surface area contributed by atoms with Crippen molar-refractivity contribution in [2.45, 2.75) is 37.8 Å². The number of alkyl carbamates (subject to hydrolysis) is 1. The highest BCUT2D eigenvalue weighted by atomic mass is 17.2. The number of ether oxygens (including phenoxy) is 2. The first kappa shape index (κ1) is 23.2. The van der Waals surface area contributed by atoms with Gasteiger partial charge in [0.15, 0.2) is 5.54 Å². The first-order valence-electron chi connectivity index (χ1n) is 8.59. The summed E-state index contributed by atoms with van der Waals surface area (Å²) in [4.78, 5) is 61.7. The van der Waals surface area contributed by atoms with E-state index in [1.165, 1.54) is 12.2 Å². The minimum Gasteiger partial charge on any atom is -0.462 e. The average molecular weight is 397 g/mol. The van der Waals surface area contributed by atoms with Crippen LogP contribution in [0.1, 0.15) is 26.2 Å². The maximum Gasteiger partial charge on any atom is 0.407 e. The van der Waals surface area contributed by atoms with Gasteiger partial charge < -0.3 is 14.8 Å². The molecule has 0 bridgehead atoms. The molecule has 11 heteroatoms. The Labute approximate surface area is 161 Å². The van der Waals surface area contributed by atoms with Gasteiger partial charge in [-0.1, -0.05) is 12.2 Å². The quantitative estimate of drug-likeness (QED) is 0.0966. The highest BCUT2D eigenvalue weighted by Crippen LogP contribution is 2.36. The topological polar surface area (TPSA) is 142 Å². The van der Waals surface area contributed by atoms with Gasteiger partial charge in [-0.25, -0.2) is 29.0 Å². The van der Waals surface area contributed by atoms with Crippen LogP contribution in [-0.2, 0) is 33.6 Å². The van der Waals surface area contributed by atoms with Gasteiger partial charge in [0.05, 0.1) is 12.6 Å². The number of carbonyl (C=O) groups is 2. The van der Waals surface area contributed by atoms with E-state index in [1.807, 2.05) is 0 Å². The number of nitrogens with one attached hydrogen (secondary N) is 1. The Morgan fingerprint density at radius 3 is 2.64 bits per heavy atom. The molecule has 0 aromatic carbocycles. The standard InChI is InChI=1S/C17H23N3O8/c1-13(2)10-28-27-9-8-26-16(24)18-6-7-25-15(23)17(20-12-22)5-3-4-14(17)19-11-21/h14H,1,3-10H2,2H3,(H,18,24). The van der Waals surface area contributed by atoms with E-state index < -0.39 is 23.6 Å². The van der Waals surface area contributed by atoms with Crippen LogP contribution in [0.2, 0.25) is 0 Å². The van der Waals surface area contributed by atoms with Crippen molar-refractivity contribution in [3.05, 3.63) is 12.2 Å². The third kappa shape index (κ3) is 7.42. The molecule has 28 heavy (non-hydrogen) atoms. The van der Waals surface area contributed by atoms with Crippen molar-refractivity contribution in [1.29, 1.82) is 0 Å². The number of amides is 1. The molecule has 1 N–H and O–H groups in total. The van der Waals surface area contributed by atoms with Crippen LogP contribution in [0.4, 0.5) is 4.79 Å². The summed E-state index contributed by atoms with van der Waals surface area (Å²) in [6.07, 6.45) is 3.14. The van der Waals surface area contributed by atoms with Crippen molar-refractivity contribution in [3.63, 3.8) is 0 Å². The summed E-state index contributed by atoms with van der Waals surface area (Å²) in [6.45, 7) is 5.44. The molecule has 2 atom stereocenters. The van der Waals surface area contributed by atoms with Crippen molar-refractivity contribution in [1.82, 2.24) is 5.32 Å². The van der Waals surface area contributed by atoms with E-state index in [4.69, 9.17) is 19.2 Å². The third-order valence-corrected chi connectivity index (χ3v) is 3.79. The molecule has 1 fully saturated rings. The fourth-order valence-electron chi connectivity index (χ4n) is 2.54. The first-order valence-corrected chi connectivity index (χ1v) is 8.59. The van der Waals surface area contributed by atoms with Crippen LogP contribution in [-0.4, -0.2) is 68.8 Å². The van der Waals surface area contributed by atoms with E-state index in [2.05, 4.69) is 21.9 Å². The van der Waals surface area contributed by atoms with Gasteiger partial charge in [-0.15, -0.1) is 0 Å². The lowest BCUT2D eigenvalue weighted by Gasteiger charge is -2.24. The summed E-state index contributed by atoms with van der Waals surface area (Å²) in [5.74, 6) is -0.810. The van der Waals surface area contributed by atoms with Gasteiger partial charge in [0.1, 0.15) is 26.4 Å². The lowest BCUT2D eigenvalue weighted by atomic mass is 9.94. The minimum atomic E-state index is -1.57. The molecule has 0 aromatic heterocycles. The Morgan fingerprint density at radius 2 is 1.96 bits per heavy atom. The van der Waals surface area contributed by atoms with Crippen LogP contribution < -0.4 is 5.32 Å². The third-order valence-electron chi connectivity index (χ3n) is 3.79. The Balaban J connectivity index is 2.29. The number of isocyanates is 2. The van der Waals surface area contributed by atoms with E-state index in [0.717, 1.165) is 5.57 Å². The molecule has 0 radical (unpaired) electrons. The molecule has 0 aromatic rings. The van der Waals surface area contributed by atoms with Gasteiger partial charge in [0.25, 0.3) is 0 Å². The largest absolute Gasteiger partial charge is 0.462 e. The van der Waals surface area contributed by atoms with Crippen LogP contribution in [0.5, 0.6) is 0 Å². The SMILES string of the molecule is C=C(C)COOCCOC(=O)NCCOC(=O)C1(N=C=O)CCCC1N=C=O. The van der Waals surface area contributed by atoms with Gasteiger partial charge in [-0.05, 0) is 26.2 Å². The number of rotatable bonds is 12. The Kier molecular flexibility index (Phi) is 10.4. The van der Waals surface area contributed by atoms with E-state index in [9.17, 15) is 19.2 Å². The number of esters is 1. The molecule has 1 aliphatic rings. The second kappa shape index (κ2) is 12.5. The summed E-state index contributed by atoms with van der Waals surface area (Å²) in [7, 11) is 0. The highest BCUT2D eigenvalue weighted by Gasteiger charge is 2.51. The minimum absolute atomic E-state index is 0.0277. The summed E-state index contributed by atoms with van der Waals surface area (Å²) in [5.41, 5.74) is -0.781. The van der Waals surface area contributed by atoms with Gasteiger partial charge in [-0.3, -0.25) is 0 Å². The fraction of sp³-hybridized carbons (Fsp3) is 0.647. The van der Waals surface area contributed by atoms with Crippen LogP contribution >= 0.6 is 0 Å². The zero-order valence-corrected chi connectivity index (χ0v) is 15.6. The second-order valence-electron chi connectivity index (χ2n) is 6.00. The Hall–Kier alpha value is -2.84. The normalized spacial score (nSPS) is 20.4. The zero-order valence-electron chi connectivity index (χ0n) is 15.6. The molecule has 0 saturated heterocycles. The maximum atomic E-state index is 12.3. The first-order chi connectivity index (χ1) is 13.5. The molecule has 0 spiro atoms. The van der Waals surface area contributed by atoms with Crippen molar-refractivity contribution in [2.75, 3.05) is 33.0 Å². The molecule has 154 valence electrons. The van der Waals surface area contributed by atoms with E-state index in [1.54, 1.807) is 6.92 Å². The predicted octanol–water partition coefficient (Wildman–Crippen LogP) is 0.743. The molecule has 0 heterocycles. The molecule has 1 amide bonds. The number of nitrogens with zero attached hydrogens (tertiary/aromatic N) is 2. The van der Waals surface area contributed by atoms with Crippen molar-refractivity contribution in [3.8, 4) is 0 Å². The summed E-state index contributed by atoms with van der Waals surface area (Å²) in [6, 6.07) is -0.816. The van der Waals surface area contributed by atoms with Crippen LogP contribution in [0, 0.1) is 0 Å². The summed E-state index contributed by atoms with van der Waals surface area (Å²) < 4.78 is 9.88. The maximum absolute atomic E-state index is 12.3. The van der Waals surface area contributed by atoms with Gasteiger partial charge >= 0.3 is 12.1 Å². The molecular formula is C17H23N3O8. The monoisotopic (exact) mass is 397 g/mol. The van der Waals surface area contributed by atoms with Crippen molar-refractivity contribution >= 4 is 24.2 Å². The number of carbonyl (C=O) groups excluding carboxylic acids is 4. The summed E-state index contributed by atoms with van der Waals surface area (Å²) >= 11 is 0. The zero-order chi connectivity index (χ0) is 20.8. The van der Waals surface area contributed by atoms with Crippen LogP contribution in [0.25, 0.3) is 0 Å². The number of hydrogen-bond acceptors (Lipinski definition) is 10. The smallest absolute Gasteiger partial charge is 0.407 e. The van der Waals surface area contributed by atoms with Crippen LogP contribution in [0.15, 0.2) is 22.1 Å². The Morgan fingerprint density at radius 1 is 1.18 bits per heavy atom. The number of aliphatic imine (C=N–C) groups is 2. The second-order valence-corrected chi connectivity index (χ2v) is 6.00. The van der Waals surface area contributed by atoms with Crippen LogP contribution in [0.3, 0.4) is 0 Å². The fourth-order valence-corrected chi connectivity index (χ4v) is 2.54. The molecule has 11 nitrogen and oxygen atoms in total. The van der Waals surface area contributed by atoms with E-state index >= 15 is 0 Å². The van der Waals surface area contributed by atoms with Crippen molar-refractivity contribution < 1.29 is 38.4 Å². The molecular weight excluding hydrogens is 374 g/mol. The molecule has 1 rings (SSSR count). The number of hydrogen-bond donors (Lipinski definition) is 1. The summed E-state index contributed by atoms with van der Waals surface area (Å²) in [5, 5.41) is 2.38. The lowest BCUT2D eigenvalue weighted by molar-refractivity contribution is -0.290.